The molecule has 21 heavy (non-hydrogen) atoms. The van der Waals surface area contributed by atoms with Crippen LogP contribution < -0.4 is 10.8 Å². The van der Waals surface area contributed by atoms with E-state index in [0.29, 0.717) is 12.0 Å². The van der Waals surface area contributed by atoms with E-state index >= 15 is 0 Å². The molecule has 0 atom stereocenters. The van der Waals surface area contributed by atoms with Crippen LogP contribution in [0.1, 0.15) is 6.99 Å². The van der Waals surface area contributed by atoms with Crippen molar-refractivity contribution < 1.29 is 11.5 Å². The monoisotopic (exact) mass is 279 g/mol. The molecule has 0 amide bonds. The van der Waals surface area contributed by atoms with Gasteiger partial charge in [-0.05, 0) is 22.5 Å². The molecule has 0 saturated carbocycles. The van der Waals surface area contributed by atoms with E-state index in [1.807, 2.05) is 30.3 Å². The lowest BCUT2D eigenvalue weighted by Gasteiger charge is -2.10. The SMILES string of the molecule is OB(O)c1ccc(CNc2cccc3ccccc23)cc1.[HH]. The van der Waals surface area contributed by atoms with Gasteiger partial charge in [0.15, 0.2) is 0 Å². The topological polar surface area (TPSA) is 52.5 Å². The second kappa shape index (κ2) is 6.00. The maximum atomic E-state index is 9.08. The predicted octanol–water partition coefficient (Wildman–Crippen LogP) is 2.38. The highest BCUT2D eigenvalue weighted by atomic mass is 16.4. The Bertz CT molecular complexity index is 742. The molecule has 0 spiro atoms. The van der Waals surface area contributed by atoms with Gasteiger partial charge in [-0.3, -0.25) is 0 Å². The van der Waals surface area contributed by atoms with Crippen LogP contribution in [0.2, 0.25) is 0 Å². The van der Waals surface area contributed by atoms with E-state index in [2.05, 4.69) is 29.6 Å². The Hall–Kier alpha value is -2.30. The molecule has 0 heterocycles. The Morgan fingerprint density at radius 1 is 0.857 bits per heavy atom. The molecule has 4 heteroatoms. The zero-order valence-corrected chi connectivity index (χ0v) is 11.5. The number of hydrogen-bond donors (Lipinski definition) is 3. The Morgan fingerprint density at radius 2 is 1.57 bits per heavy atom. The van der Waals surface area contributed by atoms with Crippen LogP contribution in [0, 0.1) is 0 Å². The van der Waals surface area contributed by atoms with Crippen molar-refractivity contribution >= 4 is 29.0 Å². The van der Waals surface area contributed by atoms with E-state index in [4.69, 9.17) is 10.0 Å². The van der Waals surface area contributed by atoms with Crippen molar-refractivity contribution in [1.82, 2.24) is 0 Å². The van der Waals surface area contributed by atoms with Crippen LogP contribution in [-0.2, 0) is 6.54 Å². The van der Waals surface area contributed by atoms with E-state index in [1.54, 1.807) is 12.1 Å². The molecule has 3 aromatic rings. The highest BCUT2D eigenvalue weighted by Crippen LogP contribution is 2.23. The zero-order valence-electron chi connectivity index (χ0n) is 11.5. The summed E-state index contributed by atoms with van der Waals surface area (Å²) in [5.41, 5.74) is 2.69. The quantitative estimate of drug-likeness (QED) is 0.643. The lowest BCUT2D eigenvalue weighted by atomic mass is 9.80. The van der Waals surface area contributed by atoms with E-state index in [0.717, 1.165) is 11.3 Å². The maximum absolute atomic E-state index is 9.08. The molecule has 0 radical (unpaired) electrons. The summed E-state index contributed by atoms with van der Waals surface area (Å²) >= 11 is 0. The normalized spacial score (nSPS) is 10.6. The average molecular weight is 279 g/mol. The Morgan fingerprint density at radius 3 is 2.33 bits per heavy atom. The molecule has 0 aliphatic carbocycles. The number of anilines is 1. The van der Waals surface area contributed by atoms with Gasteiger partial charge in [0.1, 0.15) is 0 Å². The molecule has 106 valence electrons. The van der Waals surface area contributed by atoms with Crippen molar-refractivity contribution in [3.8, 4) is 0 Å². The third-order valence-corrected chi connectivity index (χ3v) is 3.55. The fourth-order valence-corrected chi connectivity index (χ4v) is 2.38. The van der Waals surface area contributed by atoms with Crippen LogP contribution in [0.25, 0.3) is 10.8 Å². The first-order chi connectivity index (χ1) is 10.2. The summed E-state index contributed by atoms with van der Waals surface area (Å²) in [6.07, 6.45) is 0. The number of nitrogens with one attached hydrogen (secondary N) is 1. The highest BCUT2D eigenvalue weighted by molar-refractivity contribution is 6.58. The second-order valence-corrected chi connectivity index (χ2v) is 5.00. The van der Waals surface area contributed by atoms with Crippen LogP contribution in [-0.4, -0.2) is 17.2 Å². The largest absolute Gasteiger partial charge is 0.488 e. The minimum Gasteiger partial charge on any atom is -0.423 e. The number of benzene rings is 3. The maximum Gasteiger partial charge on any atom is 0.488 e. The number of fused-ring (bicyclic) bond motifs is 1. The molecule has 0 aliphatic rings. The van der Waals surface area contributed by atoms with Gasteiger partial charge in [0.2, 0.25) is 0 Å². The Labute approximate surface area is 125 Å². The molecule has 0 bridgehead atoms. The van der Waals surface area contributed by atoms with Gasteiger partial charge in [-0.2, -0.15) is 0 Å². The Kier molecular flexibility index (Phi) is 3.91. The fraction of sp³-hybridized carbons (Fsp3) is 0.0588. The first-order valence-electron chi connectivity index (χ1n) is 6.90. The summed E-state index contributed by atoms with van der Waals surface area (Å²) in [6, 6.07) is 21.7. The first kappa shape index (κ1) is 13.7. The van der Waals surface area contributed by atoms with E-state index in [9.17, 15) is 0 Å². The lowest BCUT2D eigenvalue weighted by molar-refractivity contribution is 0.426. The van der Waals surface area contributed by atoms with Crippen molar-refractivity contribution in [3.05, 3.63) is 72.3 Å². The summed E-state index contributed by atoms with van der Waals surface area (Å²) in [7, 11) is -1.41. The predicted molar refractivity (Wildman–Crippen MR) is 89.7 cm³/mol. The fourth-order valence-electron chi connectivity index (χ4n) is 2.38. The van der Waals surface area contributed by atoms with Crippen LogP contribution in [0.15, 0.2) is 66.7 Å². The molecule has 0 aliphatic heterocycles. The molecule has 3 nitrogen and oxygen atoms in total. The molecular formula is C17H18BNO2. The Balaban J connectivity index is 0.00000176. The summed E-state index contributed by atoms with van der Waals surface area (Å²) in [5, 5.41) is 24.0. The summed E-state index contributed by atoms with van der Waals surface area (Å²) in [6.45, 7) is 0.690. The van der Waals surface area contributed by atoms with Gasteiger partial charge in [-0.15, -0.1) is 0 Å². The smallest absolute Gasteiger partial charge is 0.423 e. The molecule has 0 unspecified atom stereocenters. The standard InChI is InChI=1S/C17H16BNO2.H2/c20-18(21)15-10-8-13(9-11-15)12-19-17-7-3-5-14-4-1-2-6-16(14)17;/h1-11,19-21H,12H2;1H. The van der Waals surface area contributed by atoms with Gasteiger partial charge in [0.25, 0.3) is 0 Å². The first-order valence-corrected chi connectivity index (χ1v) is 6.90. The molecule has 3 aromatic carbocycles. The number of hydrogen-bond acceptors (Lipinski definition) is 3. The van der Waals surface area contributed by atoms with Gasteiger partial charge in [-0.1, -0.05) is 60.7 Å². The molecule has 3 rings (SSSR count). The minimum atomic E-state index is -1.41. The van der Waals surface area contributed by atoms with Crippen LogP contribution in [0.4, 0.5) is 5.69 Å². The molecule has 0 aromatic heterocycles. The van der Waals surface area contributed by atoms with Crippen LogP contribution in [0.5, 0.6) is 0 Å². The van der Waals surface area contributed by atoms with Crippen molar-refractivity contribution in [2.75, 3.05) is 5.32 Å². The van der Waals surface area contributed by atoms with Gasteiger partial charge >= 0.3 is 7.12 Å². The van der Waals surface area contributed by atoms with Gasteiger partial charge in [0.05, 0.1) is 0 Å². The second-order valence-electron chi connectivity index (χ2n) is 5.00. The summed E-state index contributed by atoms with van der Waals surface area (Å²) in [4.78, 5) is 0. The summed E-state index contributed by atoms with van der Waals surface area (Å²) < 4.78 is 0. The van der Waals surface area contributed by atoms with E-state index < -0.39 is 7.12 Å². The van der Waals surface area contributed by atoms with Crippen LogP contribution >= 0.6 is 0 Å². The summed E-state index contributed by atoms with van der Waals surface area (Å²) in [5.74, 6) is 0. The van der Waals surface area contributed by atoms with Gasteiger partial charge in [0, 0.05) is 19.0 Å². The molecule has 0 fully saturated rings. The van der Waals surface area contributed by atoms with Crippen molar-refractivity contribution in [1.29, 1.82) is 0 Å². The minimum absolute atomic E-state index is 0. The van der Waals surface area contributed by atoms with Gasteiger partial charge < -0.3 is 15.4 Å². The third-order valence-electron chi connectivity index (χ3n) is 3.55. The molecular weight excluding hydrogens is 261 g/mol. The van der Waals surface area contributed by atoms with E-state index in [-0.39, 0.29) is 1.43 Å². The van der Waals surface area contributed by atoms with Gasteiger partial charge in [-0.25, -0.2) is 0 Å². The average Bonchev–Trinajstić information content (AvgIpc) is 2.53. The third kappa shape index (κ3) is 3.07. The van der Waals surface area contributed by atoms with E-state index in [1.165, 1.54) is 10.8 Å². The van der Waals surface area contributed by atoms with Crippen LogP contribution in [0.3, 0.4) is 0 Å². The van der Waals surface area contributed by atoms with Crippen molar-refractivity contribution in [3.63, 3.8) is 0 Å². The number of rotatable bonds is 4. The lowest BCUT2D eigenvalue weighted by Crippen LogP contribution is -2.29. The zero-order chi connectivity index (χ0) is 14.7. The van der Waals surface area contributed by atoms with Crippen molar-refractivity contribution in [2.45, 2.75) is 6.54 Å². The molecule has 0 saturated heterocycles. The molecule has 3 N–H and O–H groups in total. The van der Waals surface area contributed by atoms with Crippen molar-refractivity contribution in [2.24, 2.45) is 0 Å². The highest BCUT2D eigenvalue weighted by Gasteiger charge is 2.09.